The van der Waals surface area contributed by atoms with Crippen LogP contribution < -0.4 is 5.32 Å². The predicted octanol–water partition coefficient (Wildman–Crippen LogP) is 2.53. The lowest BCUT2D eigenvalue weighted by atomic mass is 9.89. The SMILES string of the molecule is O=C(NCC(=O)N1CCC(c2nc(-c3ccccn3)no2)CC1)C1CCCCC1. The Bertz CT molecular complexity index is 824. The van der Waals surface area contributed by atoms with E-state index in [0.717, 1.165) is 38.5 Å². The lowest BCUT2D eigenvalue weighted by molar-refractivity contribution is -0.135. The fourth-order valence-electron chi connectivity index (χ4n) is 4.16. The standard InChI is InChI=1S/C21H27N5O3/c27-18(14-23-20(28)15-6-2-1-3-7-15)26-12-9-16(10-13-26)21-24-19(25-29-21)17-8-4-5-11-22-17/h4-5,8,11,15-16H,1-3,6-7,9-10,12-14H2,(H,23,28). The second kappa shape index (κ2) is 9.15. The summed E-state index contributed by atoms with van der Waals surface area (Å²) in [6, 6.07) is 5.57. The molecular formula is C21H27N5O3. The van der Waals surface area contributed by atoms with Crippen molar-refractivity contribution in [2.24, 2.45) is 5.92 Å². The molecule has 0 atom stereocenters. The highest BCUT2D eigenvalue weighted by Crippen LogP contribution is 2.28. The van der Waals surface area contributed by atoms with Crippen molar-refractivity contribution in [2.75, 3.05) is 19.6 Å². The Hall–Kier alpha value is -2.77. The molecule has 2 aromatic rings. The molecule has 0 spiro atoms. The van der Waals surface area contributed by atoms with Gasteiger partial charge in [-0.1, -0.05) is 30.5 Å². The Balaban J connectivity index is 1.24. The number of amides is 2. The number of carbonyl (C=O) groups is 2. The third-order valence-electron chi connectivity index (χ3n) is 5.92. The summed E-state index contributed by atoms with van der Waals surface area (Å²) in [5, 5.41) is 6.87. The van der Waals surface area contributed by atoms with Gasteiger partial charge >= 0.3 is 0 Å². The third kappa shape index (κ3) is 4.81. The van der Waals surface area contributed by atoms with Crippen molar-refractivity contribution < 1.29 is 14.1 Å². The summed E-state index contributed by atoms with van der Waals surface area (Å²) in [5.74, 6) is 1.31. The summed E-state index contributed by atoms with van der Waals surface area (Å²) >= 11 is 0. The Morgan fingerprint density at radius 3 is 2.62 bits per heavy atom. The lowest BCUT2D eigenvalue weighted by Gasteiger charge is -2.30. The number of nitrogens with one attached hydrogen (secondary N) is 1. The summed E-state index contributed by atoms with van der Waals surface area (Å²) in [4.78, 5) is 35.2. The van der Waals surface area contributed by atoms with Gasteiger partial charge in [0, 0.05) is 31.1 Å². The van der Waals surface area contributed by atoms with Crippen LogP contribution in [0.3, 0.4) is 0 Å². The van der Waals surface area contributed by atoms with Crippen molar-refractivity contribution in [1.29, 1.82) is 0 Å². The minimum atomic E-state index is -0.0210. The molecule has 1 N–H and O–H groups in total. The minimum absolute atomic E-state index is 0.0210. The zero-order valence-corrected chi connectivity index (χ0v) is 16.5. The second-order valence-electron chi connectivity index (χ2n) is 7.88. The number of hydrogen-bond acceptors (Lipinski definition) is 6. The van der Waals surface area contributed by atoms with Crippen LogP contribution in [0.4, 0.5) is 0 Å². The average Bonchev–Trinajstić information content (AvgIpc) is 3.29. The maximum Gasteiger partial charge on any atom is 0.241 e. The van der Waals surface area contributed by atoms with E-state index in [0.29, 0.717) is 30.5 Å². The van der Waals surface area contributed by atoms with E-state index in [1.165, 1.54) is 6.42 Å². The molecule has 2 aromatic heterocycles. The number of likely N-dealkylation sites (tertiary alicyclic amines) is 1. The molecule has 1 aliphatic heterocycles. The van der Waals surface area contributed by atoms with Crippen LogP contribution in [0.5, 0.6) is 0 Å². The van der Waals surface area contributed by atoms with E-state index >= 15 is 0 Å². The Labute approximate surface area is 170 Å². The van der Waals surface area contributed by atoms with Gasteiger partial charge in [0.25, 0.3) is 0 Å². The minimum Gasteiger partial charge on any atom is -0.347 e. The van der Waals surface area contributed by atoms with Crippen LogP contribution >= 0.6 is 0 Å². The van der Waals surface area contributed by atoms with E-state index in [-0.39, 0.29) is 30.2 Å². The molecule has 154 valence electrons. The first-order valence-corrected chi connectivity index (χ1v) is 10.5. The number of aromatic nitrogens is 3. The monoisotopic (exact) mass is 397 g/mol. The lowest BCUT2D eigenvalue weighted by Crippen LogP contribution is -2.45. The Kier molecular flexibility index (Phi) is 6.17. The molecule has 3 heterocycles. The fourth-order valence-corrected chi connectivity index (χ4v) is 4.16. The van der Waals surface area contributed by atoms with Gasteiger partial charge in [0.15, 0.2) is 0 Å². The highest BCUT2D eigenvalue weighted by molar-refractivity contribution is 5.85. The van der Waals surface area contributed by atoms with Crippen LogP contribution in [0, 0.1) is 5.92 Å². The second-order valence-corrected chi connectivity index (χ2v) is 7.88. The first-order chi connectivity index (χ1) is 14.2. The van der Waals surface area contributed by atoms with Gasteiger partial charge in [-0.05, 0) is 37.8 Å². The van der Waals surface area contributed by atoms with Gasteiger partial charge in [-0.25, -0.2) is 0 Å². The van der Waals surface area contributed by atoms with E-state index in [2.05, 4.69) is 20.4 Å². The van der Waals surface area contributed by atoms with E-state index in [4.69, 9.17) is 4.52 Å². The van der Waals surface area contributed by atoms with Crippen LogP contribution in [0.25, 0.3) is 11.5 Å². The highest BCUT2D eigenvalue weighted by atomic mass is 16.5. The zero-order chi connectivity index (χ0) is 20.1. The van der Waals surface area contributed by atoms with E-state index in [1.807, 2.05) is 23.1 Å². The number of nitrogens with zero attached hydrogens (tertiary/aromatic N) is 4. The molecule has 2 aliphatic rings. The molecule has 1 aliphatic carbocycles. The molecule has 8 nitrogen and oxygen atoms in total. The molecule has 2 fully saturated rings. The smallest absolute Gasteiger partial charge is 0.241 e. The molecule has 1 saturated heterocycles. The Morgan fingerprint density at radius 1 is 1.10 bits per heavy atom. The molecule has 1 saturated carbocycles. The van der Waals surface area contributed by atoms with E-state index in [1.54, 1.807) is 6.20 Å². The molecule has 29 heavy (non-hydrogen) atoms. The normalized spacial score (nSPS) is 18.6. The molecule has 2 amide bonds. The first-order valence-electron chi connectivity index (χ1n) is 10.5. The van der Waals surface area contributed by atoms with E-state index in [9.17, 15) is 9.59 Å². The molecule has 0 radical (unpaired) electrons. The van der Waals surface area contributed by atoms with Crippen LogP contribution in [0.15, 0.2) is 28.9 Å². The molecule has 8 heteroatoms. The number of carbonyl (C=O) groups excluding carboxylic acids is 2. The predicted molar refractivity (Wildman–Crippen MR) is 106 cm³/mol. The van der Waals surface area contributed by atoms with Crippen LogP contribution in [0.2, 0.25) is 0 Å². The van der Waals surface area contributed by atoms with E-state index < -0.39 is 0 Å². The van der Waals surface area contributed by atoms with Gasteiger partial charge in [-0.2, -0.15) is 4.98 Å². The summed E-state index contributed by atoms with van der Waals surface area (Å²) in [5.41, 5.74) is 0.684. The third-order valence-corrected chi connectivity index (χ3v) is 5.92. The van der Waals surface area contributed by atoms with Crippen LogP contribution in [-0.2, 0) is 9.59 Å². The highest BCUT2D eigenvalue weighted by Gasteiger charge is 2.28. The topological polar surface area (TPSA) is 101 Å². The zero-order valence-electron chi connectivity index (χ0n) is 16.5. The molecule has 0 bridgehead atoms. The Morgan fingerprint density at radius 2 is 1.90 bits per heavy atom. The quantitative estimate of drug-likeness (QED) is 0.832. The van der Waals surface area contributed by atoms with Crippen molar-refractivity contribution in [3.8, 4) is 11.5 Å². The van der Waals surface area contributed by atoms with Gasteiger partial charge in [0.1, 0.15) is 5.69 Å². The molecular weight excluding hydrogens is 370 g/mol. The largest absolute Gasteiger partial charge is 0.347 e. The van der Waals surface area contributed by atoms with Crippen molar-refractivity contribution in [2.45, 2.75) is 50.9 Å². The maximum atomic E-state index is 12.5. The number of pyridine rings is 1. The molecule has 4 rings (SSSR count). The van der Waals surface area contributed by atoms with Gasteiger partial charge in [0.2, 0.25) is 23.5 Å². The van der Waals surface area contributed by atoms with Gasteiger partial charge in [-0.15, -0.1) is 0 Å². The first kappa shape index (κ1) is 19.5. The van der Waals surface area contributed by atoms with Crippen LogP contribution in [0.1, 0.15) is 56.8 Å². The van der Waals surface area contributed by atoms with Gasteiger partial charge in [0.05, 0.1) is 6.54 Å². The number of rotatable bonds is 5. The number of hydrogen-bond donors (Lipinski definition) is 1. The summed E-state index contributed by atoms with van der Waals surface area (Å²) in [6.45, 7) is 1.35. The van der Waals surface area contributed by atoms with Gasteiger partial charge < -0.3 is 14.7 Å². The van der Waals surface area contributed by atoms with Crippen molar-refractivity contribution in [1.82, 2.24) is 25.3 Å². The molecule has 0 unspecified atom stereocenters. The number of piperidine rings is 1. The van der Waals surface area contributed by atoms with Crippen molar-refractivity contribution in [3.63, 3.8) is 0 Å². The van der Waals surface area contributed by atoms with Gasteiger partial charge in [-0.3, -0.25) is 14.6 Å². The maximum absolute atomic E-state index is 12.5. The fraction of sp³-hybridized carbons (Fsp3) is 0.571. The summed E-state index contributed by atoms with van der Waals surface area (Å²) < 4.78 is 5.44. The molecule has 0 aromatic carbocycles. The van der Waals surface area contributed by atoms with Crippen molar-refractivity contribution in [3.05, 3.63) is 30.3 Å². The van der Waals surface area contributed by atoms with Crippen molar-refractivity contribution >= 4 is 11.8 Å². The summed E-state index contributed by atoms with van der Waals surface area (Å²) in [7, 11) is 0. The summed E-state index contributed by atoms with van der Waals surface area (Å²) in [6.07, 6.45) is 8.54. The van der Waals surface area contributed by atoms with Crippen LogP contribution in [-0.4, -0.2) is 51.5 Å². The average molecular weight is 397 g/mol.